The molecule has 110 valence electrons. The average Bonchev–Trinajstić information content (AvgIpc) is 3.22. The first-order valence-electron chi connectivity index (χ1n) is 7.36. The Kier molecular flexibility index (Phi) is 2.92. The van der Waals surface area contributed by atoms with Crippen molar-refractivity contribution in [2.45, 2.75) is 31.2 Å². The van der Waals surface area contributed by atoms with Gasteiger partial charge in [-0.3, -0.25) is 0 Å². The van der Waals surface area contributed by atoms with Gasteiger partial charge >= 0.3 is 0 Å². The third-order valence-corrected chi connectivity index (χ3v) is 4.91. The summed E-state index contributed by atoms with van der Waals surface area (Å²) < 4.78 is 10.5. The first kappa shape index (κ1) is 12.8. The van der Waals surface area contributed by atoms with Crippen LogP contribution in [-0.4, -0.2) is 28.3 Å². The van der Waals surface area contributed by atoms with Crippen LogP contribution in [0.25, 0.3) is 11.4 Å². The van der Waals surface area contributed by atoms with E-state index >= 15 is 0 Å². The van der Waals surface area contributed by atoms with Crippen LogP contribution in [0.4, 0.5) is 0 Å². The highest BCUT2D eigenvalue weighted by Crippen LogP contribution is 2.51. The number of fused-ring (bicyclic) bond motifs is 2. The number of hydrogen-bond donors (Lipinski definition) is 1. The van der Waals surface area contributed by atoms with Gasteiger partial charge in [0.05, 0.1) is 13.0 Å². The lowest BCUT2D eigenvalue weighted by molar-refractivity contribution is 0.279. The smallest absolute Gasteiger partial charge is 0.231 e. The van der Waals surface area contributed by atoms with E-state index < -0.39 is 0 Å². The van der Waals surface area contributed by atoms with Crippen molar-refractivity contribution in [2.75, 3.05) is 7.11 Å². The quantitative estimate of drug-likeness (QED) is 0.928. The molecule has 0 spiro atoms. The largest absolute Gasteiger partial charge is 0.481 e. The molecule has 2 saturated carbocycles. The molecule has 2 aliphatic carbocycles. The van der Waals surface area contributed by atoms with Gasteiger partial charge in [-0.1, -0.05) is 5.16 Å². The Hall–Kier alpha value is -1.95. The highest BCUT2D eigenvalue weighted by Gasteiger charge is 2.48. The van der Waals surface area contributed by atoms with Gasteiger partial charge < -0.3 is 15.0 Å². The molecule has 6 heteroatoms. The topological polar surface area (TPSA) is 87.1 Å². The van der Waals surface area contributed by atoms with Crippen LogP contribution in [-0.2, 0) is 0 Å². The number of nitrogens with two attached hydrogens (primary N) is 1. The van der Waals surface area contributed by atoms with Crippen molar-refractivity contribution in [3.8, 4) is 17.3 Å². The van der Waals surface area contributed by atoms with Crippen LogP contribution in [0.3, 0.4) is 0 Å². The summed E-state index contributed by atoms with van der Waals surface area (Å²) in [5, 5.41) is 4.08. The monoisotopic (exact) mass is 286 g/mol. The first-order chi connectivity index (χ1) is 10.3. The summed E-state index contributed by atoms with van der Waals surface area (Å²) in [6.07, 6.45) is 5.36. The zero-order chi connectivity index (χ0) is 14.4. The van der Waals surface area contributed by atoms with Gasteiger partial charge in [-0.05, 0) is 37.2 Å². The minimum absolute atomic E-state index is 0.158. The number of ether oxygens (including phenoxy) is 1. The first-order valence-corrected chi connectivity index (χ1v) is 7.36. The molecule has 4 unspecified atom stereocenters. The van der Waals surface area contributed by atoms with E-state index in [1.807, 2.05) is 6.07 Å². The van der Waals surface area contributed by atoms with Crippen LogP contribution in [0.1, 0.15) is 31.1 Å². The minimum Gasteiger partial charge on any atom is -0.481 e. The number of rotatable bonds is 3. The second kappa shape index (κ2) is 4.80. The summed E-state index contributed by atoms with van der Waals surface area (Å²) in [5.41, 5.74) is 7.15. The third-order valence-electron chi connectivity index (χ3n) is 4.91. The molecule has 0 saturated heterocycles. The van der Waals surface area contributed by atoms with E-state index in [0.717, 1.165) is 5.56 Å². The van der Waals surface area contributed by atoms with Crippen molar-refractivity contribution in [3.05, 3.63) is 24.2 Å². The third kappa shape index (κ3) is 2.01. The second-order valence-corrected chi connectivity index (χ2v) is 5.98. The van der Waals surface area contributed by atoms with E-state index in [0.29, 0.717) is 29.4 Å². The average molecular weight is 286 g/mol. The number of aromatic nitrogens is 3. The standard InChI is InChI=1S/C15H18N4O2/c1-20-11-5-4-10(7-17-11)14-18-15(21-19-14)12-8-2-3-9(6-8)13(12)16/h4-5,7-9,12-13H,2-3,6,16H2,1H3. The Morgan fingerprint density at radius 1 is 1.29 bits per heavy atom. The fraction of sp³-hybridized carbons (Fsp3) is 0.533. The number of pyridine rings is 1. The van der Waals surface area contributed by atoms with E-state index in [9.17, 15) is 0 Å². The molecule has 2 N–H and O–H groups in total. The predicted octanol–water partition coefficient (Wildman–Crippen LogP) is 1.98. The van der Waals surface area contributed by atoms with Crippen molar-refractivity contribution in [1.82, 2.24) is 15.1 Å². The summed E-state index contributed by atoms with van der Waals surface area (Å²) in [6, 6.07) is 3.82. The van der Waals surface area contributed by atoms with Gasteiger partial charge in [0.2, 0.25) is 17.6 Å². The van der Waals surface area contributed by atoms with Gasteiger partial charge in [0, 0.05) is 23.9 Å². The summed E-state index contributed by atoms with van der Waals surface area (Å²) in [6.45, 7) is 0. The normalized spacial score (nSPS) is 30.8. The van der Waals surface area contributed by atoms with Gasteiger partial charge in [-0.25, -0.2) is 4.98 Å². The van der Waals surface area contributed by atoms with Gasteiger partial charge in [-0.15, -0.1) is 0 Å². The molecule has 0 aliphatic heterocycles. The van der Waals surface area contributed by atoms with E-state index in [1.165, 1.54) is 19.3 Å². The van der Waals surface area contributed by atoms with E-state index in [2.05, 4.69) is 15.1 Å². The van der Waals surface area contributed by atoms with Gasteiger partial charge in [0.1, 0.15) is 0 Å². The molecule has 2 fully saturated rings. The van der Waals surface area contributed by atoms with Crippen molar-refractivity contribution in [2.24, 2.45) is 17.6 Å². The molecule has 2 aromatic rings. The summed E-state index contributed by atoms with van der Waals surface area (Å²) >= 11 is 0. The Bertz CT molecular complexity index is 637. The van der Waals surface area contributed by atoms with Crippen molar-refractivity contribution in [1.29, 1.82) is 0 Å². The highest BCUT2D eigenvalue weighted by molar-refractivity contribution is 5.53. The van der Waals surface area contributed by atoms with Gasteiger partial charge in [0.25, 0.3) is 0 Å². The van der Waals surface area contributed by atoms with Gasteiger partial charge in [-0.2, -0.15) is 4.98 Å². The molecule has 2 aliphatic rings. The van der Waals surface area contributed by atoms with E-state index in [4.69, 9.17) is 15.0 Å². The summed E-state index contributed by atoms with van der Waals surface area (Å²) in [4.78, 5) is 8.71. The Labute approximate surface area is 122 Å². The molecule has 0 radical (unpaired) electrons. The molecule has 0 amide bonds. The molecule has 2 heterocycles. The van der Waals surface area contributed by atoms with E-state index in [-0.39, 0.29) is 12.0 Å². The maximum absolute atomic E-state index is 6.33. The van der Waals surface area contributed by atoms with Crippen LogP contribution < -0.4 is 10.5 Å². The lowest BCUT2D eigenvalue weighted by Gasteiger charge is -2.24. The van der Waals surface area contributed by atoms with Crippen molar-refractivity contribution >= 4 is 0 Å². The van der Waals surface area contributed by atoms with Crippen molar-refractivity contribution < 1.29 is 9.26 Å². The molecule has 4 atom stereocenters. The van der Waals surface area contributed by atoms with Crippen LogP contribution in [0.15, 0.2) is 22.9 Å². The second-order valence-electron chi connectivity index (χ2n) is 5.98. The fourth-order valence-corrected chi connectivity index (χ4v) is 3.82. The molecule has 6 nitrogen and oxygen atoms in total. The SMILES string of the molecule is COc1ccc(-c2noc(C3C4CCC(C4)C3N)n2)cn1. The lowest BCUT2D eigenvalue weighted by Crippen LogP contribution is -2.34. The molecule has 2 bridgehead atoms. The number of methoxy groups -OCH3 is 1. The maximum atomic E-state index is 6.33. The van der Waals surface area contributed by atoms with E-state index in [1.54, 1.807) is 19.4 Å². The highest BCUT2D eigenvalue weighted by atomic mass is 16.5. The predicted molar refractivity (Wildman–Crippen MR) is 75.6 cm³/mol. The minimum atomic E-state index is 0.158. The Morgan fingerprint density at radius 3 is 2.81 bits per heavy atom. The van der Waals surface area contributed by atoms with Gasteiger partial charge in [0.15, 0.2) is 0 Å². The van der Waals surface area contributed by atoms with Crippen LogP contribution in [0.2, 0.25) is 0 Å². The van der Waals surface area contributed by atoms with Crippen molar-refractivity contribution in [3.63, 3.8) is 0 Å². The van der Waals surface area contributed by atoms with Crippen LogP contribution >= 0.6 is 0 Å². The number of hydrogen-bond acceptors (Lipinski definition) is 6. The molecule has 0 aromatic carbocycles. The molecular weight excluding hydrogens is 268 g/mol. The fourth-order valence-electron chi connectivity index (χ4n) is 3.82. The molecule has 4 rings (SSSR count). The zero-order valence-corrected chi connectivity index (χ0v) is 11.9. The molecule has 2 aromatic heterocycles. The molecular formula is C15H18N4O2. The maximum Gasteiger partial charge on any atom is 0.231 e. The van der Waals surface area contributed by atoms with Crippen LogP contribution in [0.5, 0.6) is 5.88 Å². The Balaban J connectivity index is 1.60. The Morgan fingerprint density at radius 2 is 2.14 bits per heavy atom. The number of nitrogens with zero attached hydrogens (tertiary/aromatic N) is 3. The summed E-state index contributed by atoms with van der Waals surface area (Å²) in [5.74, 6) is 3.26. The van der Waals surface area contributed by atoms with Crippen LogP contribution in [0, 0.1) is 11.8 Å². The zero-order valence-electron chi connectivity index (χ0n) is 11.9. The lowest BCUT2D eigenvalue weighted by atomic mass is 9.85. The summed E-state index contributed by atoms with van der Waals surface area (Å²) in [7, 11) is 1.59. The molecule has 21 heavy (non-hydrogen) atoms.